The van der Waals surface area contributed by atoms with E-state index in [-0.39, 0.29) is 30.9 Å². The molecule has 4 amide bonds. The fourth-order valence-electron chi connectivity index (χ4n) is 4.81. The van der Waals surface area contributed by atoms with Crippen molar-refractivity contribution in [2.75, 3.05) is 20.2 Å². The quantitative estimate of drug-likeness (QED) is 0.147. The first-order chi connectivity index (χ1) is 22.8. The number of nitrogens with one attached hydrogen (secondary N) is 3. The largest absolute Gasteiger partial charge is 0.494 e. The van der Waals surface area contributed by atoms with Crippen molar-refractivity contribution < 1.29 is 33.4 Å². The van der Waals surface area contributed by atoms with Crippen LogP contribution < -0.4 is 20.7 Å². The summed E-state index contributed by atoms with van der Waals surface area (Å²) in [7, 11) is 1.69. The van der Waals surface area contributed by atoms with E-state index in [9.17, 15) is 19.2 Å². The molecule has 2 rings (SSSR count). The summed E-state index contributed by atoms with van der Waals surface area (Å²) in [5, 5.41) is 8.50. The van der Waals surface area contributed by atoms with Crippen LogP contribution in [0.1, 0.15) is 84.4 Å². The van der Waals surface area contributed by atoms with Crippen LogP contribution in [0.3, 0.4) is 0 Å². The molecule has 2 aromatic rings. The van der Waals surface area contributed by atoms with Gasteiger partial charge in [0.2, 0.25) is 17.7 Å². The van der Waals surface area contributed by atoms with Gasteiger partial charge in [-0.25, -0.2) is 4.79 Å². The predicted octanol–water partition coefficient (Wildman–Crippen LogP) is 5.59. The molecule has 0 aliphatic rings. The lowest BCUT2D eigenvalue weighted by molar-refractivity contribution is -0.132. The molecule has 2 aromatic carbocycles. The highest BCUT2D eigenvalue weighted by molar-refractivity contribution is 5.92. The summed E-state index contributed by atoms with van der Waals surface area (Å²) in [5.41, 5.74) is 1.76. The molecule has 0 saturated heterocycles. The first-order valence-electron chi connectivity index (χ1n) is 16.8. The molecular weight excluding hydrogens is 624 g/mol. The molecule has 0 heterocycles. The molecular formula is C38H56N4O7. The van der Waals surface area contributed by atoms with Crippen molar-refractivity contribution in [2.24, 2.45) is 0 Å². The van der Waals surface area contributed by atoms with Gasteiger partial charge in [0, 0.05) is 33.5 Å². The SMILES string of the molecule is C=C(C[C@H](NC(C)=O)C(=O)NC(CCc1ccccc1)C(=O)NCc1cc(OCCCN(C)C(=O)OC(C)(C)C)ccc1C)OC(C)(C)C. The minimum atomic E-state index is -0.973. The van der Waals surface area contributed by atoms with E-state index in [1.165, 1.54) is 11.8 Å². The third kappa shape index (κ3) is 16.4. The van der Waals surface area contributed by atoms with Gasteiger partial charge in [-0.3, -0.25) is 14.4 Å². The van der Waals surface area contributed by atoms with Crippen LogP contribution >= 0.6 is 0 Å². The lowest BCUT2D eigenvalue weighted by Gasteiger charge is -2.27. The number of nitrogens with zero attached hydrogens (tertiary/aromatic N) is 1. The maximum Gasteiger partial charge on any atom is 0.410 e. The number of aryl methyl sites for hydroxylation is 2. The third-order valence-corrected chi connectivity index (χ3v) is 7.16. The first-order valence-corrected chi connectivity index (χ1v) is 16.8. The average molecular weight is 681 g/mol. The molecule has 0 aliphatic carbocycles. The number of carbonyl (C=O) groups is 4. The lowest BCUT2D eigenvalue weighted by Crippen LogP contribution is -2.53. The molecule has 11 nitrogen and oxygen atoms in total. The summed E-state index contributed by atoms with van der Waals surface area (Å²) >= 11 is 0. The predicted molar refractivity (Wildman–Crippen MR) is 191 cm³/mol. The molecule has 0 aromatic heterocycles. The van der Waals surface area contributed by atoms with Crippen molar-refractivity contribution in [3.05, 3.63) is 77.6 Å². The van der Waals surface area contributed by atoms with Crippen LogP contribution in [0.2, 0.25) is 0 Å². The van der Waals surface area contributed by atoms with E-state index in [1.54, 1.807) is 7.05 Å². The number of amides is 4. The Kier molecular flexibility index (Phi) is 15.6. The van der Waals surface area contributed by atoms with Crippen LogP contribution in [0.5, 0.6) is 5.75 Å². The highest BCUT2D eigenvalue weighted by atomic mass is 16.6. The Labute approximate surface area is 292 Å². The normalized spacial score (nSPS) is 12.6. The van der Waals surface area contributed by atoms with E-state index in [0.717, 1.165) is 16.7 Å². The lowest BCUT2D eigenvalue weighted by atomic mass is 10.0. The van der Waals surface area contributed by atoms with E-state index < -0.39 is 29.2 Å². The van der Waals surface area contributed by atoms with Gasteiger partial charge in [0.15, 0.2) is 0 Å². The van der Waals surface area contributed by atoms with Crippen molar-refractivity contribution in [3.8, 4) is 5.75 Å². The molecule has 0 bridgehead atoms. The van der Waals surface area contributed by atoms with Crippen molar-refractivity contribution in [3.63, 3.8) is 0 Å². The molecule has 49 heavy (non-hydrogen) atoms. The van der Waals surface area contributed by atoms with E-state index in [0.29, 0.717) is 43.9 Å². The number of ether oxygens (including phenoxy) is 3. The summed E-state index contributed by atoms with van der Waals surface area (Å²) in [6.45, 7) is 19.4. The Morgan fingerprint density at radius 2 is 1.53 bits per heavy atom. The monoisotopic (exact) mass is 680 g/mol. The third-order valence-electron chi connectivity index (χ3n) is 7.16. The fourth-order valence-corrected chi connectivity index (χ4v) is 4.81. The second kappa shape index (κ2) is 18.9. The van der Waals surface area contributed by atoms with Gasteiger partial charge in [-0.2, -0.15) is 0 Å². The van der Waals surface area contributed by atoms with E-state index >= 15 is 0 Å². The molecule has 0 radical (unpaired) electrons. The van der Waals surface area contributed by atoms with Gasteiger partial charge in [-0.15, -0.1) is 0 Å². The molecule has 11 heteroatoms. The van der Waals surface area contributed by atoms with E-state index in [4.69, 9.17) is 14.2 Å². The summed E-state index contributed by atoms with van der Waals surface area (Å²) in [6, 6.07) is 13.5. The van der Waals surface area contributed by atoms with Crippen molar-refractivity contribution in [1.82, 2.24) is 20.9 Å². The van der Waals surface area contributed by atoms with Crippen molar-refractivity contribution >= 4 is 23.8 Å². The van der Waals surface area contributed by atoms with Crippen molar-refractivity contribution in [1.29, 1.82) is 0 Å². The number of benzene rings is 2. The number of rotatable bonds is 17. The van der Waals surface area contributed by atoms with Gasteiger partial charge in [-0.05, 0) is 96.6 Å². The molecule has 0 saturated carbocycles. The molecule has 0 spiro atoms. The number of hydrogen-bond donors (Lipinski definition) is 3. The minimum Gasteiger partial charge on any atom is -0.494 e. The van der Waals surface area contributed by atoms with Gasteiger partial charge in [0.05, 0.1) is 12.4 Å². The number of hydrogen-bond acceptors (Lipinski definition) is 7. The second-order valence-corrected chi connectivity index (χ2v) is 14.2. The van der Waals surface area contributed by atoms with Crippen LogP contribution in [-0.4, -0.2) is 72.2 Å². The molecule has 0 aliphatic heterocycles. The van der Waals surface area contributed by atoms with Crippen LogP contribution in [0.4, 0.5) is 4.79 Å². The zero-order valence-electron chi connectivity index (χ0n) is 30.7. The minimum absolute atomic E-state index is 0.0545. The highest BCUT2D eigenvalue weighted by Crippen LogP contribution is 2.19. The van der Waals surface area contributed by atoms with Gasteiger partial charge in [0.25, 0.3) is 0 Å². The maximum atomic E-state index is 13.6. The second-order valence-electron chi connectivity index (χ2n) is 14.2. The molecule has 3 N–H and O–H groups in total. The van der Waals surface area contributed by atoms with Crippen LogP contribution in [0.15, 0.2) is 60.9 Å². The van der Waals surface area contributed by atoms with E-state index in [2.05, 4.69) is 22.5 Å². The van der Waals surface area contributed by atoms with Gasteiger partial charge in [-0.1, -0.05) is 43.0 Å². The summed E-state index contributed by atoms with van der Waals surface area (Å²) in [6.07, 6.45) is 1.17. The van der Waals surface area contributed by atoms with Gasteiger partial charge < -0.3 is 35.1 Å². The Bertz CT molecular complexity index is 1410. The average Bonchev–Trinajstić information content (AvgIpc) is 2.99. The zero-order valence-corrected chi connectivity index (χ0v) is 30.7. The molecule has 2 atom stereocenters. The fraction of sp³-hybridized carbons (Fsp3) is 0.526. The van der Waals surface area contributed by atoms with Crippen LogP contribution in [-0.2, 0) is 36.8 Å². The topological polar surface area (TPSA) is 135 Å². The smallest absolute Gasteiger partial charge is 0.410 e. The molecule has 1 unspecified atom stereocenters. The number of carbonyl (C=O) groups excluding carboxylic acids is 4. The highest BCUT2D eigenvalue weighted by Gasteiger charge is 2.28. The van der Waals surface area contributed by atoms with Crippen LogP contribution in [0.25, 0.3) is 0 Å². The van der Waals surface area contributed by atoms with Crippen LogP contribution in [0, 0.1) is 6.92 Å². The van der Waals surface area contributed by atoms with Gasteiger partial charge in [0.1, 0.15) is 29.0 Å². The Morgan fingerprint density at radius 3 is 2.14 bits per heavy atom. The summed E-state index contributed by atoms with van der Waals surface area (Å²) in [5.74, 6) is -0.266. The Balaban J connectivity index is 2.09. The Morgan fingerprint density at radius 1 is 0.878 bits per heavy atom. The van der Waals surface area contributed by atoms with Gasteiger partial charge >= 0.3 is 6.09 Å². The standard InChI is InChI=1S/C38H56N4O7/c1-26-17-19-31(47-22-14-21-42(10)36(46)49-38(7,8)9)24-30(26)25-39-34(44)32(20-18-29-15-12-11-13-16-29)41-35(45)33(40-28(3)43)23-27(2)48-37(4,5)6/h11-13,15-17,19,24,32-33H,2,14,18,20-23,25H2,1,3-10H3,(H,39,44)(H,40,43)(H,41,45)/t32?,33-/m0/s1. The summed E-state index contributed by atoms with van der Waals surface area (Å²) in [4.78, 5) is 52.8. The molecule has 0 fully saturated rings. The maximum absolute atomic E-state index is 13.6. The first kappa shape index (κ1) is 40.6. The summed E-state index contributed by atoms with van der Waals surface area (Å²) < 4.78 is 17.1. The Hall–Kier alpha value is -4.54. The van der Waals surface area contributed by atoms with E-state index in [1.807, 2.05) is 97.0 Å². The van der Waals surface area contributed by atoms with Crippen molar-refractivity contribution in [2.45, 2.75) is 111 Å². The zero-order chi connectivity index (χ0) is 36.8. The molecule has 270 valence electrons.